The third kappa shape index (κ3) is 3.77. The lowest BCUT2D eigenvalue weighted by atomic mass is 10.1. The van der Waals surface area contributed by atoms with Crippen LogP contribution >= 0.6 is 11.3 Å². The summed E-state index contributed by atoms with van der Waals surface area (Å²) in [6.07, 6.45) is 7.11. The van der Waals surface area contributed by atoms with Gasteiger partial charge in [-0.2, -0.15) is 5.10 Å². The van der Waals surface area contributed by atoms with Gasteiger partial charge in [0.1, 0.15) is 5.00 Å². The molecule has 0 radical (unpaired) electrons. The maximum Gasteiger partial charge on any atom is 0.341 e. The number of ether oxygens (including phenoxy) is 1. The lowest BCUT2D eigenvalue weighted by molar-refractivity contribution is -0.136. The Morgan fingerprint density at radius 2 is 2.15 bits per heavy atom. The second-order valence-corrected chi connectivity index (χ2v) is 6.60. The van der Waals surface area contributed by atoms with Gasteiger partial charge in [0.25, 0.3) is 0 Å². The minimum atomic E-state index is -0.936. The number of hydrogen-bond donors (Lipinski definition) is 2. The molecule has 0 saturated heterocycles. The molecular formula is C17H16N4O4S. The molecule has 8 nitrogen and oxygen atoms in total. The first kappa shape index (κ1) is 17.7. The molecule has 1 aliphatic rings. The highest BCUT2D eigenvalue weighted by atomic mass is 32.1. The number of esters is 1. The number of thiophene rings is 1. The van der Waals surface area contributed by atoms with Crippen molar-refractivity contribution in [2.75, 3.05) is 12.4 Å². The zero-order valence-electron chi connectivity index (χ0n) is 13.9. The van der Waals surface area contributed by atoms with Crippen molar-refractivity contribution in [1.82, 2.24) is 10.4 Å². The number of rotatable bonds is 4. The fraction of sp³-hybridized carbons (Fsp3) is 0.235. The number of aryl methyl sites for hydroxylation is 1. The van der Waals surface area contributed by atoms with Crippen LogP contribution in [-0.2, 0) is 27.2 Å². The highest BCUT2D eigenvalue weighted by molar-refractivity contribution is 7.17. The summed E-state index contributed by atoms with van der Waals surface area (Å²) >= 11 is 1.30. The molecule has 0 aliphatic heterocycles. The van der Waals surface area contributed by atoms with Gasteiger partial charge in [-0.25, -0.2) is 10.2 Å². The van der Waals surface area contributed by atoms with E-state index in [1.807, 2.05) is 0 Å². The van der Waals surface area contributed by atoms with E-state index in [1.54, 1.807) is 24.5 Å². The molecule has 9 heteroatoms. The number of pyridine rings is 1. The van der Waals surface area contributed by atoms with Crippen LogP contribution in [0.1, 0.15) is 32.8 Å². The van der Waals surface area contributed by atoms with E-state index in [9.17, 15) is 14.4 Å². The number of carbonyl (C=O) groups excluding carboxylic acids is 3. The Labute approximate surface area is 153 Å². The molecule has 3 rings (SSSR count). The second kappa shape index (κ2) is 7.87. The zero-order valence-corrected chi connectivity index (χ0v) is 14.8. The largest absolute Gasteiger partial charge is 0.465 e. The van der Waals surface area contributed by atoms with Gasteiger partial charge in [0.15, 0.2) is 0 Å². The maximum atomic E-state index is 12.1. The molecule has 2 N–H and O–H groups in total. The summed E-state index contributed by atoms with van der Waals surface area (Å²) in [5, 5.41) is 6.53. The minimum Gasteiger partial charge on any atom is -0.465 e. The van der Waals surface area contributed by atoms with Gasteiger partial charge < -0.3 is 10.1 Å². The van der Waals surface area contributed by atoms with Crippen molar-refractivity contribution in [2.45, 2.75) is 19.3 Å². The number of nitrogens with zero attached hydrogens (tertiary/aromatic N) is 2. The van der Waals surface area contributed by atoms with Crippen molar-refractivity contribution in [3.8, 4) is 0 Å². The van der Waals surface area contributed by atoms with Crippen molar-refractivity contribution in [3.63, 3.8) is 0 Å². The van der Waals surface area contributed by atoms with E-state index in [4.69, 9.17) is 4.74 Å². The standard InChI is InChI=1S/C17H16N4O4S/c1-25-17(24)13-11-5-2-6-12(11)26-16(13)20-14(22)15(23)21-19-9-10-4-3-7-18-8-10/h3-4,7-9H,2,5-6H2,1H3,(H,20,22)(H,21,23)/b19-9-. The highest BCUT2D eigenvalue weighted by Gasteiger charge is 2.29. The lowest BCUT2D eigenvalue weighted by Crippen LogP contribution is -2.32. The number of amides is 2. The average Bonchev–Trinajstić information content (AvgIpc) is 3.22. The summed E-state index contributed by atoms with van der Waals surface area (Å²) in [6, 6.07) is 3.47. The van der Waals surface area contributed by atoms with E-state index in [2.05, 4.69) is 20.8 Å². The minimum absolute atomic E-state index is 0.331. The molecular weight excluding hydrogens is 356 g/mol. The van der Waals surface area contributed by atoms with E-state index < -0.39 is 17.8 Å². The number of fused-ring (bicyclic) bond motifs is 1. The second-order valence-electron chi connectivity index (χ2n) is 5.49. The summed E-state index contributed by atoms with van der Waals surface area (Å²) < 4.78 is 4.80. The molecule has 0 saturated carbocycles. The molecule has 0 fully saturated rings. The molecule has 2 aromatic heterocycles. The normalized spacial score (nSPS) is 12.7. The average molecular weight is 372 g/mol. The molecule has 1 aliphatic carbocycles. The number of hydrogen-bond acceptors (Lipinski definition) is 7. The Bertz CT molecular complexity index is 876. The van der Waals surface area contributed by atoms with Crippen LogP contribution < -0.4 is 10.7 Å². The molecule has 0 atom stereocenters. The fourth-order valence-electron chi connectivity index (χ4n) is 2.64. The van der Waals surface area contributed by atoms with E-state index >= 15 is 0 Å². The number of aromatic nitrogens is 1. The van der Waals surface area contributed by atoms with Crippen LogP contribution in [-0.4, -0.2) is 36.1 Å². The van der Waals surface area contributed by atoms with Gasteiger partial charge in [0.05, 0.1) is 18.9 Å². The van der Waals surface area contributed by atoms with Crippen molar-refractivity contribution in [3.05, 3.63) is 46.1 Å². The third-order valence-electron chi connectivity index (χ3n) is 3.81. The van der Waals surface area contributed by atoms with Crippen LogP contribution in [0.15, 0.2) is 29.6 Å². The van der Waals surface area contributed by atoms with Crippen molar-refractivity contribution >= 4 is 40.3 Å². The number of anilines is 1. The van der Waals surface area contributed by atoms with Crippen molar-refractivity contribution in [2.24, 2.45) is 5.10 Å². The van der Waals surface area contributed by atoms with E-state index in [0.29, 0.717) is 16.1 Å². The zero-order chi connectivity index (χ0) is 18.5. The van der Waals surface area contributed by atoms with Gasteiger partial charge in [-0.15, -0.1) is 11.3 Å². The molecule has 0 bridgehead atoms. The summed E-state index contributed by atoms with van der Waals surface area (Å²) in [5.41, 5.74) is 4.05. The van der Waals surface area contributed by atoms with Crippen LogP contribution in [0.5, 0.6) is 0 Å². The molecule has 26 heavy (non-hydrogen) atoms. The molecule has 0 aromatic carbocycles. The fourth-order valence-corrected chi connectivity index (χ4v) is 3.91. The molecule has 2 heterocycles. The van der Waals surface area contributed by atoms with Crippen LogP contribution in [0.25, 0.3) is 0 Å². The van der Waals surface area contributed by atoms with Crippen LogP contribution in [0, 0.1) is 0 Å². The number of hydrazone groups is 1. The van der Waals surface area contributed by atoms with Gasteiger partial charge in [0.2, 0.25) is 0 Å². The van der Waals surface area contributed by atoms with E-state index in [-0.39, 0.29) is 0 Å². The number of carbonyl (C=O) groups is 3. The maximum absolute atomic E-state index is 12.1. The Balaban J connectivity index is 1.67. The SMILES string of the molecule is COC(=O)c1c(NC(=O)C(=O)N/N=C\c2cccnc2)sc2c1CCC2. The van der Waals surface area contributed by atoms with Gasteiger partial charge in [-0.1, -0.05) is 6.07 Å². The Kier molecular flexibility index (Phi) is 5.37. The van der Waals surface area contributed by atoms with Crippen LogP contribution in [0.2, 0.25) is 0 Å². The molecule has 0 unspecified atom stereocenters. The first-order valence-electron chi connectivity index (χ1n) is 7.87. The summed E-state index contributed by atoms with van der Waals surface area (Å²) in [7, 11) is 1.28. The third-order valence-corrected chi connectivity index (χ3v) is 5.02. The Hall–Kier alpha value is -3.07. The summed E-state index contributed by atoms with van der Waals surface area (Å²) in [5.74, 6) is -2.36. The monoisotopic (exact) mass is 372 g/mol. The van der Waals surface area contributed by atoms with Gasteiger partial charge in [-0.3, -0.25) is 14.6 Å². The van der Waals surface area contributed by atoms with Crippen molar-refractivity contribution < 1.29 is 19.1 Å². The number of methoxy groups -OCH3 is 1. The topological polar surface area (TPSA) is 110 Å². The molecule has 2 aromatic rings. The van der Waals surface area contributed by atoms with Gasteiger partial charge in [-0.05, 0) is 30.9 Å². The molecule has 2 amide bonds. The smallest absolute Gasteiger partial charge is 0.341 e. The summed E-state index contributed by atoms with van der Waals surface area (Å²) in [6.45, 7) is 0. The van der Waals surface area contributed by atoms with E-state index in [1.165, 1.54) is 24.7 Å². The summed E-state index contributed by atoms with van der Waals surface area (Å²) in [4.78, 5) is 41.0. The predicted molar refractivity (Wildman–Crippen MR) is 96.3 cm³/mol. The Morgan fingerprint density at radius 1 is 1.31 bits per heavy atom. The predicted octanol–water partition coefficient (Wildman–Crippen LogP) is 1.51. The quantitative estimate of drug-likeness (QED) is 0.366. The highest BCUT2D eigenvalue weighted by Crippen LogP contribution is 2.39. The van der Waals surface area contributed by atoms with E-state index in [0.717, 1.165) is 29.7 Å². The first-order valence-corrected chi connectivity index (χ1v) is 8.69. The first-order chi connectivity index (χ1) is 12.6. The van der Waals surface area contributed by atoms with Gasteiger partial charge >= 0.3 is 17.8 Å². The lowest BCUT2D eigenvalue weighted by Gasteiger charge is -2.06. The van der Waals surface area contributed by atoms with Crippen LogP contribution in [0.3, 0.4) is 0 Å². The number of nitrogens with one attached hydrogen (secondary N) is 2. The molecule has 0 spiro atoms. The van der Waals surface area contributed by atoms with Crippen molar-refractivity contribution in [1.29, 1.82) is 0 Å². The van der Waals surface area contributed by atoms with Crippen LogP contribution in [0.4, 0.5) is 5.00 Å². The Morgan fingerprint density at radius 3 is 2.88 bits per heavy atom. The molecule has 134 valence electrons. The van der Waals surface area contributed by atoms with Gasteiger partial charge in [0, 0.05) is 22.8 Å².